The average Bonchev–Trinajstić information content (AvgIpc) is 2.84. The summed E-state index contributed by atoms with van der Waals surface area (Å²) in [7, 11) is 1.95. The van der Waals surface area contributed by atoms with Crippen molar-refractivity contribution in [2.75, 3.05) is 6.54 Å². The zero-order valence-corrected chi connectivity index (χ0v) is 10.5. The van der Waals surface area contributed by atoms with Crippen molar-refractivity contribution in [3.8, 4) is 0 Å². The monoisotopic (exact) mass is 237 g/mol. The van der Waals surface area contributed by atoms with Crippen LogP contribution in [0, 0.1) is 6.92 Å². The lowest BCUT2D eigenvalue weighted by molar-refractivity contribution is 0.576. The fourth-order valence-electron chi connectivity index (χ4n) is 1.71. The Labute approximate surface area is 98.7 Å². The minimum absolute atomic E-state index is 0.137. The molecule has 0 bridgehead atoms. The van der Waals surface area contributed by atoms with Crippen molar-refractivity contribution in [1.82, 2.24) is 24.7 Å². The second-order valence-electron chi connectivity index (χ2n) is 3.59. The zero-order chi connectivity index (χ0) is 11.5. The third-order valence-electron chi connectivity index (χ3n) is 2.51. The molecular formula is C10H15N5S. The van der Waals surface area contributed by atoms with Gasteiger partial charge in [-0.1, -0.05) is 11.4 Å². The van der Waals surface area contributed by atoms with Crippen LogP contribution in [0.15, 0.2) is 12.3 Å². The van der Waals surface area contributed by atoms with Crippen LogP contribution < -0.4 is 5.32 Å². The first kappa shape index (κ1) is 11.2. The Bertz CT molecular complexity index is 421. The van der Waals surface area contributed by atoms with Gasteiger partial charge in [-0.15, -0.1) is 5.10 Å². The molecule has 0 saturated heterocycles. The van der Waals surface area contributed by atoms with Gasteiger partial charge in [-0.2, -0.15) is 5.10 Å². The smallest absolute Gasteiger partial charge is 0.0876 e. The van der Waals surface area contributed by atoms with Crippen LogP contribution >= 0.6 is 11.5 Å². The molecule has 1 atom stereocenters. The topological polar surface area (TPSA) is 55.6 Å². The van der Waals surface area contributed by atoms with Gasteiger partial charge in [-0.25, -0.2) is 0 Å². The van der Waals surface area contributed by atoms with Crippen molar-refractivity contribution in [2.45, 2.75) is 19.9 Å². The van der Waals surface area contributed by atoms with Crippen LogP contribution in [0.3, 0.4) is 0 Å². The number of rotatable bonds is 4. The van der Waals surface area contributed by atoms with E-state index in [1.807, 2.05) is 30.9 Å². The number of aryl methyl sites for hydroxylation is 2. The molecular weight excluding hydrogens is 222 g/mol. The van der Waals surface area contributed by atoms with Gasteiger partial charge >= 0.3 is 0 Å². The molecule has 2 rings (SSSR count). The minimum atomic E-state index is 0.137. The highest BCUT2D eigenvalue weighted by molar-refractivity contribution is 7.05. The van der Waals surface area contributed by atoms with Crippen molar-refractivity contribution in [2.24, 2.45) is 7.05 Å². The molecule has 2 aromatic rings. The van der Waals surface area contributed by atoms with E-state index in [2.05, 4.69) is 26.9 Å². The Morgan fingerprint density at radius 3 is 2.88 bits per heavy atom. The predicted octanol–water partition coefficient (Wildman–Crippen LogP) is 1.28. The highest BCUT2D eigenvalue weighted by Crippen LogP contribution is 2.25. The molecule has 2 heterocycles. The van der Waals surface area contributed by atoms with Gasteiger partial charge < -0.3 is 5.32 Å². The molecule has 5 nitrogen and oxygen atoms in total. The molecule has 0 aliphatic carbocycles. The number of nitrogens with zero attached hydrogens (tertiary/aromatic N) is 4. The van der Waals surface area contributed by atoms with Crippen LogP contribution in [0.1, 0.15) is 29.2 Å². The summed E-state index contributed by atoms with van der Waals surface area (Å²) in [4.78, 5) is 1.16. The van der Waals surface area contributed by atoms with Gasteiger partial charge in [0.25, 0.3) is 0 Å². The van der Waals surface area contributed by atoms with Crippen LogP contribution in [0.5, 0.6) is 0 Å². The zero-order valence-electron chi connectivity index (χ0n) is 9.64. The van der Waals surface area contributed by atoms with E-state index in [1.165, 1.54) is 11.5 Å². The van der Waals surface area contributed by atoms with Crippen molar-refractivity contribution < 1.29 is 0 Å². The van der Waals surface area contributed by atoms with Crippen molar-refractivity contribution in [3.05, 3.63) is 28.5 Å². The fourth-order valence-corrected chi connectivity index (χ4v) is 2.44. The molecule has 1 unspecified atom stereocenters. The highest BCUT2D eigenvalue weighted by atomic mass is 32.1. The summed E-state index contributed by atoms with van der Waals surface area (Å²) in [5.74, 6) is 0. The summed E-state index contributed by atoms with van der Waals surface area (Å²) in [6, 6.07) is 2.16. The first-order chi connectivity index (χ1) is 7.74. The third kappa shape index (κ3) is 1.98. The largest absolute Gasteiger partial charge is 0.304 e. The third-order valence-corrected chi connectivity index (χ3v) is 3.40. The van der Waals surface area contributed by atoms with Crippen LogP contribution in [-0.2, 0) is 7.05 Å². The second kappa shape index (κ2) is 4.71. The van der Waals surface area contributed by atoms with Gasteiger partial charge in [-0.05, 0) is 31.1 Å². The summed E-state index contributed by atoms with van der Waals surface area (Å²) >= 11 is 1.44. The molecule has 0 saturated carbocycles. The van der Waals surface area contributed by atoms with Crippen LogP contribution in [0.25, 0.3) is 0 Å². The maximum Gasteiger partial charge on any atom is 0.0876 e. The van der Waals surface area contributed by atoms with E-state index < -0.39 is 0 Å². The Kier molecular flexibility index (Phi) is 3.31. The van der Waals surface area contributed by atoms with E-state index in [-0.39, 0.29) is 6.04 Å². The molecule has 0 aromatic carbocycles. The molecule has 0 spiro atoms. The first-order valence-electron chi connectivity index (χ1n) is 5.24. The van der Waals surface area contributed by atoms with E-state index in [0.29, 0.717) is 0 Å². The van der Waals surface area contributed by atoms with Gasteiger partial charge in [0.2, 0.25) is 0 Å². The summed E-state index contributed by atoms with van der Waals surface area (Å²) < 4.78 is 5.87. The summed E-state index contributed by atoms with van der Waals surface area (Å²) in [6.45, 7) is 4.97. The number of aromatic nitrogens is 4. The van der Waals surface area contributed by atoms with Gasteiger partial charge in [-0.3, -0.25) is 4.68 Å². The standard InChI is InChI=1S/C10H15N5S/c1-4-11-9(8-5-6-12-15(8)3)10-7(2)13-14-16-10/h5-6,9,11H,4H2,1-3H3. The van der Waals surface area contributed by atoms with Crippen LogP contribution in [0.2, 0.25) is 0 Å². The number of nitrogens with one attached hydrogen (secondary N) is 1. The van der Waals surface area contributed by atoms with Crippen molar-refractivity contribution in [3.63, 3.8) is 0 Å². The van der Waals surface area contributed by atoms with Gasteiger partial charge in [0, 0.05) is 13.2 Å². The SMILES string of the molecule is CCNC(c1snnc1C)c1ccnn1C. The normalized spacial score (nSPS) is 12.9. The Hall–Kier alpha value is -1.27. The Morgan fingerprint density at radius 1 is 1.56 bits per heavy atom. The average molecular weight is 237 g/mol. The van der Waals surface area contributed by atoms with Crippen LogP contribution in [-0.4, -0.2) is 25.9 Å². The molecule has 0 radical (unpaired) electrons. The lowest BCUT2D eigenvalue weighted by Gasteiger charge is -2.16. The lowest BCUT2D eigenvalue weighted by Crippen LogP contribution is -2.24. The number of hydrogen-bond acceptors (Lipinski definition) is 5. The van der Waals surface area contributed by atoms with E-state index >= 15 is 0 Å². The second-order valence-corrected chi connectivity index (χ2v) is 4.38. The highest BCUT2D eigenvalue weighted by Gasteiger charge is 2.20. The van der Waals surface area contributed by atoms with E-state index in [0.717, 1.165) is 22.8 Å². The lowest BCUT2D eigenvalue weighted by atomic mass is 10.1. The predicted molar refractivity (Wildman–Crippen MR) is 63.4 cm³/mol. The van der Waals surface area contributed by atoms with Crippen LogP contribution in [0.4, 0.5) is 0 Å². The summed E-state index contributed by atoms with van der Waals surface area (Å²) in [6.07, 6.45) is 1.81. The fraction of sp³-hybridized carbons (Fsp3) is 0.500. The molecule has 0 aliphatic rings. The molecule has 0 amide bonds. The molecule has 0 fully saturated rings. The number of hydrogen-bond donors (Lipinski definition) is 1. The van der Waals surface area contributed by atoms with E-state index in [4.69, 9.17) is 0 Å². The quantitative estimate of drug-likeness (QED) is 0.870. The molecule has 16 heavy (non-hydrogen) atoms. The minimum Gasteiger partial charge on any atom is -0.304 e. The molecule has 86 valence electrons. The molecule has 1 N–H and O–H groups in total. The van der Waals surface area contributed by atoms with Gasteiger partial charge in [0.1, 0.15) is 0 Å². The van der Waals surface area contributed by atoms with Gasteiger partial charge in [0.05, 0.1) is 22.3 Å². The van der Waals surface area contributed by atoms with Gasteiger partial charge in [0.15, 0.2) is 0 Å². The Balaban J connectivity index is 2.39. The summed E-state index contributed by atoms with van der Waals surface area (Å²) in [5.41, 5.74) is 2.12. The summed E-state index contributed by atoms with van der Waals surface area (Å²) in [5, 5.41) is 11.7. The Morgan fingerprint density at radius 2 is 2.38 bits per heavy atom. The maximum absolute atomic E-state index is 4.20. The van der Waals surface area contributed by atoms with E-state index in [1.54, 1.807) is 0 Å². The van der Waals surface area contributed by atoms with E-state index in [9.17, 15) is 0 Å². The maximum atomic E-state index is 4.20. The van der Waals surface area contributed by atoms with Crippen molar-refractivity contribution in [1.29, 1.82) is 0 Å². The molecule has 0 aliphatic heterocycles. The molecule has 6 heteroatoms. The first-order valence-corrected chi connectivity index (χ1v) is 6.01. The molecule has 2 aromatic heterocycles. The van der Waals surface area contributed by atoms with Crippen molar-refractivity contribution >= 4 is 11.5 Å².